The van der Waals surface area contributed by atoms with E-state index in [4.69, 9.17) is 9.47 Å². The minimum Gasteiger partial charge on any atom is -0.496 e. The molecule has 3 nitrogen and oxygen atoms in total. The minimum absolute atomic E-state index is 0.387. The summed E-state index contributed by atoms with van der Waals surface area (Å²) in [5.41, 5.74) is 0. The molecule has 88 valence electrons. The van der Waals surface area contributed by atoms with Gasteiger partial charge in [-0.05, 0) is 32.4 Å². The van der Waals surface area contributed by atoms with Crippen molar-refractivity contribution in [3.8, 4) is 0 Å². The number of rotatable bonds is 8. The summed E-state index contributed by atoms with van der Waals surface area (Å²) in [5.74, 6) is 1.13. The molecule has 1 aliphatic heterocycles. The van der Waals surface area contributed by atoms with Gasteiger partial charge in [-0.15, -0.1) is 0 Å². The summed E-state index contributed by atoms with van der Waals surface area (Å²) in [4.78, 5) is 0. The Bertz CT molecular complexity index is 192. The van der Waals surface area contributed by atoms with Gasteiger partial charge in [-0.3, -0.25) is 0 Å². The molecule has 1 atom stereocenters. The minimum atomic E-state index is 0.387. The Morgan fingerprint density at radius 3 is 3.00 bits per heavy atom. The Hall–Kier alpha value is -0.540. The van der Waals surface area contributed by atoms with E-state index in [1.54, 1.807) is 0 Å². The third kappa shape index (κ3) is 4.67. The molecule has 1 aliphatic rings. The van der Waals surface area contributed by atoms with Crippen molar-refractivity contribution >= 4 is 0 Å². The van der Waals surface area contributed by atoms with E-state index >= 15 is 0 Å². The van der Waals surface area contributed by atoms with Crippen molar-refractivity contribution in [3.63, 3.8) is 0 Å². The second kappa shape index (κ2) is 7.71. The van der Waals surface area contributed by atoms with Crippen LogP contribution >= 0.6 is 0 Å². The maximum atomic E-state index is 5.58. The second-order valence-electron chi connectivity index (χ2n) is 3.69. The van der Waals surface area contributed by atoms with E-state index in [-0.39, 0.29) is 0 Å². The highest BCUT2D eigenvalue weighted by Crippen LogP contribution is 2.16. The van der Waals surface area contributed by atoms with E-state index in [9.17, 15) is 0 Å². The molecule has 1 unspecified atom stereocenters. The smallest absolute Gasteiger partial charge is 0.109 e. The monoisotopic (exact) mass is 213 g/mol. The lowest BCUT2D eigenvalue weighted by Crippen LogP contribution is -2.31. The van der Waals surface area contributed by atoms with Gasteiger partial charge in [0.2, 0.25) is 0 Å². The van der Waals surface area contributed by atoms with Gasteiger partial charge >= 0.3 is 0 Å². The molecular formula is C12H23NO2. The number of hydrogen-bond donors (Lipinski definition) is 1. The number of likely N-dealkylation sites (N-methyl/N-ethyl adjacent to an activating group) is 1. The Labute approximate surface area is 92.8 Å². The largest absolute Gasteiger partial charge is 0.496 e. The van der Waals surface area contributed by atoms with Gasteiger partial charge in [-0.1, -0.05) is 6.92 Å². The van der Waals surface area contributed by atoms with E-state index in [1.807, 2.05) is 6.92 Å². The average molecular weight is 213 g/mol. The summed E-state index contributed by atoms with van der Waals surface area (Å²) in [6, 6.07) is 0.387. The molecule has 0 fully saturated rings. The van der Waals surface area contributed by atoms with Gasteiger partial charge < -0.3 is 14.8 Å². The van der Waals surface area contributed by atoms with Crippen molar-refractivity contribution in [2.24, 2.45) is 0 Å². The first kappa shape index (κ1) is 12.5. The standard InChI is InChI=1S/C12H23NO2/c1-3-13-11(7-5-9-14-4-2)12-8-6-10-15-12/h8,11,13H,3-7,9-10H2,1-2H3. The highest BCUT2D eigenvalue weighted by molar-refractivity contribution is 5.06. The zero-order chi connectivity index (χ0) is 10.9. The van der Waals surface area contributed by atoms with Crippen molar-refractivity contribution in [3.05, 3.63) is 11.8 Å². The van der Waals surface area contributed by atoms with Crippen LogP contribution in [0.1, 0.15) is 33.1 Å². The summed E-state index contributed by atoms with van der Waals surface area (Å²) < 4.78 is 10.9. The first-order valence-corrected chi connectivity index (χ1v) is 6.02. The zero-order valence-electron chi connectivity index (χ0n) is 9.92. The highest BCUT2D eigenvalue weighted by Gasteiger charge is 2.17. The Kier molecular flexibility index (Phi) is 6.44. The van der Waals surface area contributed by atoms with Crippen LogP contribution in [0, 0.1) is 0 Å². The number of hydrogen-bond acceptors (Lipinski definition) is 3. The molecule has 0 aromatic rings. The van der Waals surface area contributed by atoms with Gasteiger partial charge in [0.25, 0.3) is 0 Å². The molecule has 3 heteroatoms. The quantitative estimate of drug-likeness (QED) is 0.626. The van der Waals surface area contributed by atoms with Crippen LogP contribution in [0.2, 0.25) is 0 Å². The first-order valence-electron chi connectivity index (χ1n) is 6.02. The van der Waals surface area contributed by atoms with Crippen LogP contribution in [-0.2, 0) is 9.47 Å². The molecule has 0 bridgehead atoms. The van der Waals surface area contributed by atoms with Gasteiger partial charge in [0.1, 0.15) is 5.76 Å². The maximum absolute atomic E-state index is 5.58. The molecule has 0 aliphatic carbocycles. The molecule has 0 saturated carbocycles. The van der Waals surface area contributed by atoms with Gasteiger partial charge in [-0.2, -0.15) is 0 Å². The molecule has 1 rings (SSSR count). The fourth-order valence-electron chi connectivity index (χ4n) is 1.80. The van der Waals surface area contributed by atoms with Crippen molar-refractivity contribution in [2.45, 2.75) is 39.2 Å². The summed E-state index contributed by atoms with van der Waals surface area (Å²) in [6.07, 6.45) is 5.45. The summed E-state index contributed by atoms with van der Waals surface area (Å²) >= 11 is 0. The summed E-state index contributed by atoms with van der Waals surface area (Å²) in [6.45, 7) is 7.66. The van der Waals surface area contributed by atoms with Crippen LogP contribution in [0.15, 0.2) is 11.8 Å². The average Bonchev–Trinajstić information content (AvgIpc) is 2.76. The van der Waals surface area contributed by atoms with Crippen LogP contribution < -0.4 is 5.32 Å². The van der Waals surface area contributed by atoms with Crippen molar-refractivity contribution < 1.29 is 9.47 Å². The molecule has 15 heavy (non-hydrogen) atoms. The Balaban J connectivity index is 2.23. The van der Waals surface area contributed by atoms with Crippen LogP contribution in [0.5, 0.6) is 0 Å². The predicted octanol–water partition coefficient (Wildman–Crippen LogP) is 2.09. The summed E-state index contributed by atoms with van der Waals surface area (Å²) in [5, 5.41) is 3.45. The molecule has 0 aromatic carbocycles. The third-order valence-electron chi connectivity index (χ3n) is 2.51. The molecular weight excluding hydrogens is 190 g/mol. The fourth-order valence-corrected chi connectivity index (χ4v) is 1.80. The van der Waals surface area contributed by atoms with Crippen LogP contribution in [0.25, 0.3) is 0 Å². The molecule has 0 radical (unpaired) electrons. The van der Waals surface area contributed by atoms with Crippen molar-refractivity contribution in [1.29, 1.82) is 0 Å². The lowest BCUT2D eigenvalue weighted by atomic mass is 10.1. The maximum Gasteiger partial charge on any atom is 0.109 e. The highest BCUT2D eigenvalue weighted by atomic mass is 16.5. The SMILES string of the molecule is CCNC(CCCOCC)C1=CCCO1. The lowest BCUT2D eigenvalue weighted by molar-refractivity contribution is 0.138. The van der Waals surface area contributed by atoms with E-state index in [0.717, 1.165) is 51.4 Å². The number of ether oxygens (including phenoxy) is 2. The lowest BCUT2D eigenvalue weighted by Gasteiger charge is -2.18. The van der Waals surface area contributed by atoms with Gasteiger partial charge in [0.15, 0.2) is 0 Å². The fraction of sp³-hybridized carbons (Fsp3) is 0.833. The van der Waals surface area contributed by atoms with Crippen LogP contribution in [0.3, 0.4) is 0 Å². The molecule has 0 aromatic heterocycles. The molecule has 0 spiro atoms. The summed E-state index contributed by atoms with van der Waals surface area (Å²) in [7, 11) is 0. The Morgan fingerprint density at radius 1 is 1.53 bits per heavy atom. The molecule has 0 amide bonds. The topological polar surface area (TPSA) is 30.5 Å². The third-order valence-corrected chi connectivity index (χ3v) is 2.51. The second-order valence-corrected chi connectivity index (χ2v) is 3.69. The first-order chi connectivity index (χ1) is 7.38. The van der Waals surface area contributed by atoms with E-state index < -0.39 is 0 Å². The molecule has 1 N–H and O–H groups in total. The predicted molar refractivity (Wildman–Crippen MR) is 61.8 cm³/mol. The van der Waals surface area contributed by atoms with Crippen LogP contribution in [0.4, 0.5) is 0 Å². The van der Waals surface area contributed by atoms with E-state index in [0.29, 0.717) is 6.04 Å². The molecule has 1 heterocycles. The van der Waals surface area contributed by atoms with Gasteiger partial charge in [0, 0.05) is 19.6 Å². The van der Waals surface area contributed by atoms with E-state index in [1.165, 1.54) is 0 Å². The van der Waals surface area contributed by atoms with Gasteiger partial charge in [-0.25, -0.2) is 0 Å². The van der Waals surface area contributed by atoms with Crippen LogP contribution in [-0.4, -0.2) is 32.4 Å². The van der Waals surface area contributed by atoms with E-state index in [2.05, 4.69) is 18.3 Å². The Morgan fingerprint density at radius 2 is 2.40 bits per heavy atom. The normalized spacial score (nSPS) is 17.3. The zero-order valence-corrected chi connectivity index (χ0v) is 9.92. The molecule has 0 saturated heterocycles. The number of nitrogens with one attached hydrogen (secondary N) is 1. The van der Waals surface area contributed by atoms with Crippen molar-refractivity contribution in [2.75, 3.05) is 26.4 Å². The van der Waals surface area contributed by atoms with Crippen molar-refractivity contribution in [1.82, 2.24) is 5.32 Å². The van der Waals surface area contributed by atoms with Gasteiger partial charge in [0.05, 0.1) is 12.6 Å².